The Morgan fingerprint density at radius 2 is 1.75 bits per heavy atom. The monoisotopic (exact) mass is 523 g/mol. The minimum atomic E-state index is -3.80. The Kier molecular flexibility index (Phi) is 6.63. The lowest BCUT2D eigenvalue weighted by atomic mass is 10.2. The number of thioether (sulfide) groups is 1. The summed E-state index contributed by atoms with van der Waals surface area (Å²) in [7, 11) is -3.80. The number of anilines is 1. The van der Waals surface area contributed by atoms with Crippen LogP contribution in [-0.2, 0) is 21.4 Å². The molecular weight excluding hydrogens is 502 g/mol. The van der Waals surface area contributed by atoms with Crippen molar-refractivity contribution in [2.45, 2.75) is 16.6 Å². The summed E-state index contributed by atoms with van der Waals surface area (Å²) in [6.45, 7) is 0.661. The Morgan fingerprint density at radius 3 is 2.50 bits per heavy atom. The Balaban J connectivity index is 1.33. The van der Waals surface area contributed by atoms with Gasteiger partial charge in [-0.3, -0.25) is 9.36 Å². The Morgan fingerprint density at radius 1 is 1.00 bits per heavy atom. The molecule has 0 saturated carbocycles. The number of carbonyl (C=O) groups is 1. The number of amides is 1. The van der Waals surface area contributed by atoms with E-state index in [0.29, 0.717) is 34.7 Å². The highest BCUT2D eigenvalue weighted by atomic mass is 32.2. The molecule has 0 spiro atoms. The van der Waals surface area contributed by atoms with E-state index < -0.39 is 10.0 Å². The summed E-state index contributed by atoms with van der Waals surface area (Å²) >= 11 is 1.25. The quantitative estimate of drug-likeness (QED) is 0.336. The Bertz CT molecular complexity index is 1510. The maximum atomic E-state index is 12.6. The van der Waals surface area contributed by atoms with Crippen molar-refractivity contribution in [2.75, 3.05) is 17.9 Å². The van der Waals surface area contributed by atoms with Gasteiger partial charge in [-0.05, 0) is 42.0 Å². The van der Waals surface area contributed by atoms with Gasteiger partial charge in [0.15, 0.2) is 22.5 Å². The van der Waals surface area contributed by atoms with E-state index in [0.717, 1.165) is 11.1 Å². The molecule has 12 heteroatoms. The third-order valence-electron chi connectivity index (χ3n) is 5.33. The van der Waals surface area contributed by atoms with Gasteiger partial charge in [0.2, 0.25) is 22.7 Å². The lowest BCUT2D eigenvalue weighted by Crippen LogP contribution is -2.15. The number of ether oxygens (including phenoxy) is 2. The lowest BCUT2D eigenvalue weighted by Gasteiger charge is -2.11. The number of carbonyl (C=O) groups excluding carboxylic acids is 1. The van der Waals surface area contributed by atoms with Crippen LogP contribution in [0.2, 0.25) is 0 Å². The van der Waals surface area contributed by atoms with Crippen molar-refractivity contribution in [3.8, 4) is 22.9 Å². The number of hydrogen-bond donors (Lipinski definition) is 2. The molecule has 184 valence electrons. The zero-order chi connectivity index (χ0) is 25.1. The standard InChI is InChI=1S/C24H21N5O5S2/c25-36(31,32)19-9-7-18(8-10-19)26-22(30)14-35-24-28-27-23(17-4-2-1-3-5-17)29(24)13-16-6-11-20-21(12-16)34-15-33-20/h1-12H,13-15H2,(H,26,30)(H2,25,31,32). The molecule has 1 amide bonds. The van der Waals surface area contributed by atoms with Crippen molar-refractivity contribution in [3.63, 3.8) is 0 Å². The second-order valence-electron chi connectivity index (χ2n) is 7.85. The smallest absolute Gasteiger partial charge is 0.238 e. The van der Waals surface area contributed by atoms with E-state index in [2.05, 4.69) is 15.5 Å². The SMILES string of the molecule is NS(=O)(=O)c1ccc(NC(=O)CSc2nnc(-c3ccccc3)n2Cc2ccc3c(c2)OCO3)cc1. The molecule has 0 radical (unpaired) electrons. The number of nitrogens with zero attached hydrogens (tertiary/aromatic N) is 3. The van der Waals surface area contributed by atoms with Crippen molar-refractivity contribution in [2.24, 2.45) is 5.14 Å². The van der Waals surface area contributed by atoms with Crippen LogP contribution in [0.25, 0.3) is 11.4 Å². The molecule has 0 saturated heterocycles. The number of aromatic nitrogens is 3. The van der Waals surface area contributed by atoms with Gasteiger partial charge >= 0.3 is 0 Å². The first kappa shape index (κ1) is 23.9. The second kappa shape index (κ2) is 10.0. The zero-order valence-electron chi connectivity index (χ0n) is 18.8. The highest BCUT2D eigenvalue weighted by Crippen LogP contribution is 2.33. The first-order valence-corrected chi connectivity index (χ1v) is 13.3. The van der Waals surface area contributed by atoms with Gasteiger partial charge in [-0.15, -0.1) is 10.2 Å². The first-order chi connectivity index (χ1) is 17.4. The fraction of sp³-hybridized carbons (Fsp3) is 0.125. The van der Waals surface area contributed by atoms with Crippen LogP contribution in [0, 0.1) is 0 Å². The van der Waals surface area contributed by atoms with E-state index in [-0.39, 0.29) is 23.3 Å². The van der Waals surface area contributed by atoms with Crippen molar-refractivity contribution >= 4 is 33.4 Å². The molecule has 36 heavy (non-hydrogen) atoms. The maximum absolute atomic E-state index is 12.6. The summed E-state index contributed by atoms with van der Waals surface area (Å²) < 4.78 is 35.7. The third kappa shape index (κ3) is 5.35. The van der Waals surface area contributed by atoms with Crippen LogP contribution in [0.1, 0.15) is 5.56 Å². The average molecular weight is 524 g/mol. The number of fused-ring (bicyclic) bond motifs is 1. The van der Waals surface area contributed by atoms with E-state index in [1.807, 2.05) is 53.1 Å². The predicted molar refractivity (Wildman–Crippen MR) is 134 cm³/mol. The van der Waals surface area contributed by atoms with E-state index in [1.165, 1.54) is 36.0 Å². The number of rotatable bonds is 8. The topological polar surface area (TPSA) is 138 Å². The van der Waals surface area contributed by atoms with Crippen LogP contribution in [0.5, 0.6) is 11.5 Å². The van der Waals surface area contributed by atoms with E-state index >= 15 is 0 Å². The molecule has 0 bridgehead atoms. The number of sulfonamides is 1. The molecule has 1 aliphatic rings. The Hall–Kier alpha value is -3.87. The predicted octanol–water partition coefficient (Wildman–Crippen LogP) is 3.10. The van der Waals surface area contributed by atoms with Crippen LogP contribution < -0.4 is 19.9 Å². The van der Waals surface area contributed by atoms with Gasteiger partial charge in [-0.1, -0.05) is 48.2 Å². The fourth-order valence-electron chi connectivity index (χ4n) is 3.62. The normalized spacial score (nSPS) is 12.5. The summed E-state index contributed by atoms with van der Waals surface area (Å²) in [4.78, 5) is 12.6. The summed E-state index contributed by atoms with van der Waals surface area (Å²) in [6.07, 6.45) is 0. The molecule has 3 N–H and O–H groups in total. The number of nitrogens with two attached hydrogens (primary N) is 1. The van der Waals surface area contributed by atoms with E-state index in [9.17, 15) is 13.2 Å². The van der Waals surface area contributed by atoms with E-state index in [1.54, 1.807) is 0 Å². The molecule has 0 atom stereocenters. The molecular formula is C24H21N5O5S2. The van der Waals surface area contributed by atoms with Gasteiger partial charge in [-0.2, -0.15) is 0 Å². The van der Waals surface area contributed by atoms with Gasteiger partial charge in [0, 0.05) is 11.3 Å². The third-order valence-corrected chi connectivity index (χ3v) is 7.22. The van der Waals surface area contributed by atoms with Crippen molar-refractivity contribution in [3.05, 3.63) is 78.4 Å². The number of hydrogen-bond acceptors (Lipinski definition) is 8. The van der Waals surface area contributed by atoms with E-state index in [4.69, 9.17) is 14.6 Å². The molecule has 0 unspecified atom stereocenters. The minimum Gasteiger partial charge on any atom is -0.454 e. The van der Waals surface area contributed by atoms with Crippen LogP contribution in [0.3, 0.4) is 0 Å². The number of nitrogens with one attached hydrogen (secondary N) is 1. The molecule has 3 aromatic carbocycles. The Labute approximate surface area is 211 Å². The highest BCUT2D eigenvalue weighted by molar-refractivity contribution is 7.99. The number of primary sulfonamides is 1. The molecule has 4 aromatic rings. The summed E-state index contributed by atoms with van der Waals surface area (Å²) in [5.41, 5.74) is 2.33. The van der Waals surface area contributed by atoms with Gasteiger partial charge in [0.25, 0.3) is 0 Å². The van der Waals surface area contributed by atoms with Crippen molar-refractivity contribution in [1.29, 1.82) is 0 Å². The zero-order valence-corrected chi connectivity index (χ0v) is 20.5. The maximum Gasteiger partial charge on any atom is 0.238 e. The highest BCUT2D eigenvalue weighted by Gasteiger charge is 2.19. The molecule has 1 aromatic heterocycles. The minimum absolute atomic E-state index is 0.0278. The van der Waals surface area contributed by atoms with Crippen LogP contribution >= 0.6 is 11.8 Å². The molecule has 2 heterocycles. The largest absolute Gasteiger partial charge is 0.454 e. The summed E-state index contributed by atoms with van der Waals surface area (Å²) in [5.74, 6) is 1.86. The number of benzene rings is 3. The van der Waals surface area contributed by atoms with Crippen LogP contribution in [-0.4, -0.2) is 41.6 Å². The fourth-order valence-corrected chi connectivity index (χ4v) is 4.87. The molecule has 1 aliphatic heterocycles. The lowest BCUT2D eigenvalue weighted by molar-refractivity contribution is -0.113. The summed E-state index contributed by atoms with van der Waals surface area (Å²) in [6, 6.07) is 21.1. The second-order valence-corrected chi connectivity index (χ2v) is 10.4. The summed E-state index contributed by atoms with van der Waals surface area (Å²) in [5, 5.41) is 17.2. The molecule has 0 fully saturated rings. The van der Waals surface area contributed by atoms with Crippen molar-refractivity contribution in [1.82, 2.24) is 14.8 Å². The first-order valence-electron chi connectivity index (χ1n) is 10.8. The van der Waals surface area contributed by atoms with Gasteiger partial charge in [-0.25, -0.2) is 13.6 Å². The molecule has 10 nitrogen and oxygen atoms in total. The molecule has 5 rings (SSSR count). The van der Waals surface area contributed by atoms with Gasteiger partial charge in [0.05, 0.1) is 17.2 Å². The van der Waals surface area contributed by atoms with Gasteiger partial charge < -0.3 is 14.8 Å². The average Bonchev–Trinajstić information content (AvgIpc) is 3.50. The van der Waals surface area contributed by atoms with Crippen LogP contribution in [0.4, 0.5) is 5.69 Å². The van der Waals surface area contributed by atoms with Crippen molar-refractivity contribution < 1.29 is 22.7 Å². The molecule has 0 aliphatic carbocycles. The van der Waals surface area contributed by atoms with Crippen LogP contribution in [0.15, 0.2) is 82.8 Å². The van der Waals surface area contributed by atoms with Gasteiger partial charge in [0.1, 0.15) is 0 Å².